The van der Waals surface area contributed by atoms with Gasteiger partial charge in [0.15, 0.2) is 0 Å². The standard InChI is InChI=1S/C15H21BN4O4/c1-24-12-8-11-9-17-19-15(21)13(11)14(18-12)20-6-3-10(4-7-20)2-5-16(22)23/h8-10,22-23H,2-7H2,1H3,(H,19,21). The third-order valence-corrected chi connectivity index (χ3v) is 4.56. The topological polar surface area (TPSA) is 112 Å². The molecule has 3 N–H and O–H groups in total. The maximum Gasteiger partial charge on any atom is 0.451 e. The first-order valence-electron chi connectivity index (χ1n) is 8.12. The number of nitrogens with one attached hydrogen (secondary N) is 1. The van der Waals surface area contributed by atoms with E-state index in [1.54, 1.807) is 19.4 Å². The highest BCUT2D eigenvalue weighted by Gasteiger charge is 2.24. The molecule has 1 aliphatic rings. The first kappa shape index (κ1) is 16.7. The van der Waals surface area contributed by atoms with Gasteiger partial charge >= 0.3 is 7.12 Å². The summed E-state index contributed by atoms with van der Waals surface area (Å²) in [5.41, 5.74) is -0.261. The molecular formula is C15H21BN4O4. The summed E-state index contributed by atoms with van der Waals surface area (Å²) in [7, 11) is 0.309. The van der Waals surface area contributed by atoms with E-state index >= 15 is 0 Å². The second-order valence-corrected chi connectivity index (χ2v) is 6.14. The Balaban J connectivity index is 1.84. The minimum absolute atomic E-state index is 0.261. The predicted octanol–water partition coefficient (Wildman–Crippen LogP) is 0.406. The van der Waals surface area contributed by atoms with Crippen LogP contribution in [-0.4, -0.2) is 52.5 Å². The largest absolute Gasteiger partial charge is 0.481 e. The van der Waals surface area contributed by atoms with E-state index < -0.39 is 7.12 Å². The number of rotatable bonds is 5. The molecule has 0 aromatic carbocycles. The van der Waals surface area contributed by atoms with Crippen molar-refractivity contribution in [2.24, 2.45) is 5.92 Å². The first-order valence-corrected chi connectivity index (χ1v) is 8.12. The van der Waals surface area contributed by atoms with Gasteiger partial charge in [0.05, 0.1) is 18.7 Å². The number of ether oxygens (including phenoxy) is 1. The van der Waals surface area contributed by atoms with Gasteiger partial charge in [0, 0.05) is 24.5 Å². The van der Waals surface area contributed by atoms with Crippen molar-refractivity contribution in [3.8, 4) is 5.88 Å². The lowest BCUT2D eigenvalue weighted by Crippen LogP contribution is -2.35. The fraction of sp³-hybridized carbons (Fsp3) is 0.533. The van der Waals surface area contributed by atoms with Gasteiger partial charge in [0.1, 0.15) is 5.82 Å². The summed E-state index contributed by atoms with van der Waals surface area (Å²) in [5, 5.41) is 25.5. The van der Waals surface area contributed by atoms with Crippen LogP contribution in [0.3, 0.4) is 0 Å². The first-order chi connectivity index (χ1) is 11.6. The number of fused-ring (bicyclic) bond motifs is 1. The van der Waals surface area contributed by atoms with Crippen molar-refractivity contribution in [3.63, 3.8) is 0 Å². The second kappa shape index (κ2) is 7.19. The van der Waals surface area contributed by atoms with Gasteiger partial charge < -0.3 is 19.7 Å². The number of pyridine rings is 1. The van der Waals surface area contributed by atoms with Crippen molar-refractivity contribution in [1.82, 2.24) is 15.2 Å². The molecule has 0 spiro atoms. The lowest BCUT2D eigenvalue weighted by molar-refractivity contribution is 0.360. The molecule has 0 amide bonds. The van der Waals surface area contributed by atoms with Gasteiger partial charge in [-0.25, -0.2) is 5.10 Å². The summed E-state index contributed by atoms with van der Waals surface area (Å²) >= 11 is 0. The summed E-state index contributed by atoms with van der Waals surface area (Å²) in [5.74, 6) is 1.53. The third-order valence-electron chi connectivity index (χ3n) is 4.56. The number of hydrogen-bond donors (Lipinski definition) is 3. The highest BCUT2D eigenvalue weighted by molar-refractivity contribution is 6.40. The quantitative estimate of drug-likeness (QED) is 0.680. The van der Waals surface area contributed by atoms with Gasteiger partial charge in [0.2, 0.25) is 5.88 Å². The number of aromatic nitrogens is 3. The number of piperidine rings is 1. The van der Waals surface area contributed by atoms with Crippen LogP contribution in [0, 0.1) is 5.92 Å². The lowest BCUT2D eigenvalue weighted by atomic mass is 9.78. The average Bonchev–Trinajstić information content (AvgIpc) is 2.59. The van der Waals surface area contributed by atoms with E-state index in [1.807, 2.05) is 0 Å². The molecule has 1 aliphatic heterocycles. The van der Waals surface area contributed by atoms with Gasteiger partial charge in [-0.15, -0.1) is 0 Å². The van der Waals surface area contributed by atoms with E-state index in [9.17, 15) is 4.79 Å². The van der Waals surface area contributed by atoms with Crippen LogP contribution in [0.2, 0.25) is 6.32 Å². The molecule has 3 rings (SSSR count). The normalized spacial score (nSPS) is 15.7. The summed E-state index contributed by atoms with van der Waals surface area (Å²) in [6.07, 6.45) is 4.64. The molecule has 0 saturated carbocycles. The second-order valence-electron chi connectivity index (χ2n) is 6.14. The highest BCUT2D eigenvalue weighted by atomic mass is 16.5. The molecule has 2 aromatic heterocycles. The smallest absolute Gasteiger partial charge is 0.451 e. The number of H-pyrrole nitrogens is 1. The molecule has 0 radical (unpaired) electrons. The Morgan fingerprint density at radius 2 is 2.17 bits per heavy atom. The number of aromatic amines is 1. The van der Waals surface area contributed by atoms with Crippen LogP contribution in [0.4, 0.5) is 5.82 Å². The van der Waals surface area contributed by atoms with E-state index in [2.05, 4.69) is 20.1 Å². The van der Waals surface area contributed by atoms with Crippen LogP contribution >= 0.6 is 0 Å². The van der Waals surface area contributed by atoms with Crippen molar-refractivity contribution in [2.45, 2.75) is 25.6 Å². The van der Waals surface area contributed by atoms with Crippen molar-refractivity contribution >= 4 is 23.7 Å². The van der Waals surface area contributed by atoms with Gasteiger partial charge in [-0.3, -0.25) is 4.79 Å². The summed E-state index contributed by atoms with van der Waals surface area (Å²) in [6.45, 7) is 1.53. The van der Waals surface area contributed by atoms with E-state index in [0.29, 0.717) is 34.7 Å². The van der Waals surface area contributed by atoms with Gasteiger partial charge in [-0.1, -0.05) is 6.42 Å². The Hall–Kier alpha value is -2.13. The zero-order valence-electron chi connectivity index (χ0n) is 13.6. The molecule has 24 heavy (non-hydrogen) atoms. The Bertz CT molecular complexity index is 759. The van der Waals surface area contributed by atoms with Crippen LogP contribution in [0.5, 0.6) is 5.88 Å². The number of nitrogens with zero attached hydrogens (tertiary/aromatic N) is 3. The molecule has 3 heterocycles. The third kappa shape index (κ3) is 3.52. The fourth-order valence-electron chi connectivity index (χ4n) is 3.23. The Labute approximate surface area is 139 Å². The van der Waals surface area contributed by atoms with Crippen molar-refractivity contribution in [3.05, 3.63) is 22.6 Å². The monoisotopic (exact) mass is 332 g/mol. The zero-order chi connectivity index (χ0) is 17.1. The zero-order valence-corrected chi connectivity index (χ0v) is 13.6. The highest BCUT2D eigenvalue weighted by Crippen LogP contribution is 2.30. The van der Waals surface area contributed by atoms with Crippen molar-refractivity contribution < 1.29 is 14.8 Å². The molecular weight excluding hydrogens is 311 g/mol. The Morgan fingerprint density at radius 3 is 2.83 bits per heavy atom. The van der Waals surface area contributed by atoms with Crippen LogP contribution < -0.4 is 15.2 Å². The van der Waals surface area contributed by atoms with Crippen LogP contribution in [0.25, 0.3) is 10.8 Å². The molecule has 2 aromatic rings. The summed E-state index contributed by atoms with van der Waals surface area (Å²) in [6, 6.07) is 1.70. The molecule has 0 unspecified atom stereocenters. The van der Waals surface area contributed by atoms with Crippen LogP contribution in [0.1, 0.15) is 19.3 Å². The van der Waals surface area contributed by atoms with Crippen LogP contribution in [-0.2, 0) is 0 Å². The van der Waals surface area contributed by atoms with Crippen molar-refractivity contribution in [2.75, 3.05) is 25.1 Å². The molecule has 0 aliphatic carbocycles. The number of hydrogen-bond acceptors (Lipinski definition) is 7. The van der Waals surface area contributed by atoms with E-state index in [4.69, 9.17) is 14.8 Å². The summed E-state index contributed by atoms with van der Waals surface area (Å²) < 4.78 is 5.25. The number of methoxy groups -OCH3 is 1. The van der Waals surface area contributed by atoms with Gasteiger partial charge in [-0.2, -0.15) is 10.1 Å². The Kier molecular flexibility index (Phi) is 5.01. The molecule has 9 heteroatoms. The van der Waals surface area contributed by atoms with Crippen LogP contribution in [0.15, 0.2) is 17.1 Å². The van der Waals surface area contributed by atoms with E-state index in [-0.39, 0.29) is 5.56 Å². The maximum absolute atomic E-state index is 12.2. The maximum atomic E-state index is 12.2. The van der Waals surface area contributed by atoms with Gasteiger partial charge in [0.25, 0.3) is 5.56 Å². The van der Waals surface area contributed by atoms with Gasteiger partial charge in [-0.05, 0) is 25.1 Å². The molecule has 0 bridgehead atoms. The number of anilines is 1. The Morgan fingerprint density at radius 1 is 1.42 bits per heavy atom. The minimum Gasteiger partial charge on any atom is -0.481 e. The fourth-order valence-corrected chi connectivity index (χ4v) is 3.23. The predicted molar refractivity (Wildman–Crippen MR) is 91.3 cm³/mol. The minimum atomic E-state index is -1.24. The molecule has 128 valence electrons. The van der Waals surface area contributed by atoms with E-state index in [1.165, 1.54) is 0 Å². The van der Waals surface area contributed by atoms with Crippen molar-refractivity contribution in [1.29, 1.82) is 0 Å². The lowest BCUT2D eigenvalue weighted by Gasteiger charge is -2.33. The SMILES string of the molecule is COc1cc2cn[nH]c(=O)c2c(N2CCC(CCB(O)O)CC2)n1. The molecule has 1 saturated heterocycles. The molecule has 1 fully saturated rings. The average molecular weight is 332 g/mol. The molecule has 0 atom stereocenters. The molecule has 8 nitrogen and oxygen atoms in total. The van der Waals surface area contributed by atoms with E-state index in [0.717, 1.165) is 32.4 Å². The summed E-state index contributed by atoms with van der Waals surface area (Å²) in [4.78, 5) is 18.8.